The van der Waals surface area contributed by atoms with Gasteiger partial charge in [-0.05, 0) is 39.2 Å². The summed E-state index contributed by atoms with van der Waals surface area (Å²) >= 11 is 0. The number of hydrogen-bond donors (Lipinski definition) is 2. The molecule has 5 nitrogen and oxygen atoms in total. The van der Waals surface area contributed by atoms with Crippen LogP contribution in [-0.2, 0) is 9.53 Å². The van der Waals surface area contributed by atoms with Crippen molar-refractivity contribution in [2.24, 2.45) is 0 Å². The molecule has 0 saturated heterocycles. The molecule has 25 heavy (non-hydrogen) atoms. The topological polar surface area (TPSA) is 67.4 Å². The second-order valence-electron chi connectivity index (χ2n) is 7.22. The molecule has 140 valence electrons. The van der Waals surface area contributed by atoms with Gasteiger partial charge in [-0.1, -0.05) is 57.0 Å². The smallest absolute Gasteiger partial charge is 0.408 e. The summed E-state index contributed by atoms with van der Waals surface area (Å²) in [6.07, 6.45) is 2.62. The van der Waals surface area contributed by atoms with Gasteiger partial charge in [-0.3, -0.25) is 4.79 Å². The highest BCUT2D eigenvalue weighted by Gasteiger charge is 2.25. The lowest BCUT2D eigenvalue weighted by atomic mass is 10.0. The van der Waals surface area contributed by atoms with E-state index in [1.54, 1.807) is 20.8 Å². The van der Waals surface area contributed by atoms with Crippen LogP contribution in [0.15, 0.2) is 30.3 Å². The van der Waals surface area contributed by atoms with Gasteiger partial charge in [0.25, 0.3) is 0 Å². The van der Waals surface area contributed by atoms with E-state index in [0.717, 1.165) is 24.8 Å². The Labute approximate surface area is 151 Å². The minimum Gasteiger partial charge on any atom is -0.444 e. The fourth-order valence-corrected chi connectivity index (χ4v) is 2.51. The molecule has 1 aromatic carbocycles. The van der Waals surface area contributed by atoms with E-state index in [9.17, 15) is 9.59 Å². The van der Waals surface area contributed by atoms with E-state index < -0.39 is 17.7 Å². The average molecular weight is 348 g/mol. The number of alkyl carbamates (subject to hydrolysis) is 1. The molecule has 0 fully saturated rings. The van der Waals surface area contributed by atoms with Crippen LogP contribution in [-0.4, -0.2) is 23.6 Å². The molecule has 0 aromatic heterocycles. The van der Waals surface area contributed by atoms with E-state index in [4.69, 9.17) is 4.74 Å². The maximum Gasteiger partial charge on any atom is 0.408 e. The average Bonchev–Trinajstić information content (AvgIpc) is 2.55. The van der Waals surface area contributed by atoms with Crippen molar-refractivity contribution in [3.63, 3.8) is 0 Å². The van der Waals surface area contributed by atoms with Gasteiger partial charge in [-0.15, -0.1) is 0 Å². The number of carbonyl (C=O) groups is 2. The first-order valence-corrected chi connectivity index (χ1v) is 9.11. The number of nitrogens with one attached hydrogen (secondary N) is 2. The van der Waals surface area contributed by atoms with Crippen molar-refractivity contribution in [1.29, 1.82) is 0 Å². The predicted octanol–water partition coefficient (Wildman–Crippen LogP) is 4.34. The summed E-state index contributed by atoms with van der Waals surface area (Å²) in [5, 5.41) is 5.77. The Morgan fingerprint density at radius 1 is 1.08 bits per heavy atom. The molecule has 0 aliphatic heterocycles. The highest BCUT2D eigenvalue weighted by Crippen LogP contribution is 2.17. The van der Waals surface area contributed by atoms with Crippen LogP contribution in [0.2, 0.25) is 0 Å². The van der Waals surface area contributed by atoms with Crippen molar-refractivity contribution in [3.8, 4) is 0 Å². The molecule has 5 heteroatoms. The number of ether oxygens (including phenoxy) is 1. The first kappa shape index (κ1) is 21.0. The van der Waals surface area contributed by atoms with E-state index in [1.807, 2.05) is 37.3 Å². The van der Waals surface area contributed by atoms with Crippen LogP contribution in [0.5, 0.6) is 0 Å². The van der Waals surface area contributed by atoms with Gasteiger partial charge < -0.3 is 15.4 Å². The standard InChI is InChI=1S/C20H32N2O3/c1-6-8-14-17(22-19(24)25-20(3,4)5)18(23)21-16(7-2)15-12-10-9-11-13-15/h9-13,16-17H,6-8,14H2,1-5H3,(H,21,23)(H,22,24)/t16-,17-/m0/s1. The summed E-state index contributed by atoms with van der Waals surface area (Å²) < 4.78 is 5.28. The van der Waals surface area contributed by atoms with Gasteiger partial charge in [-0.2, -0.15) is 0 Å². The molecule has 0 saturated carbocycles. The van der Waals surface area contributed by atoms with Crippen molar-refractivity contribution in [2.45, 2.75) is 78.0 Å². The zero-order valence-electron chi connectivity index (χ0n) is 16.1. The van der Waals surface area contributed by atoms with E-state index >= 15 is 0 Å². The van der Waals surface area contributed by atoms with Crippen LogP contribution in [0, 0.1) is 0 Å². The Morgan fingerprint density at radius 2 is 1.72 bits per heavy atom. The minimum atomic E-state index is -0.591. The van der Waals surface area contributed by atoms with Gasteiger partial charge in [0.2, 0.25) is 5.91 Å². The van der Waals surface area contributed by atoms with E-state index in [-0.39, 0.29) is 11.9 Å². The van der Waals surface area contributed by atoms with Gasteiger partial charge in [0.1, 0.15) is 11.6 Å². The highest BCUT2D eigenvalue weighted by molar-refractivity contribution is 5.86. The number of benzene rings is 1. The Morgan fingerprint density at radius 3 is 2.24 bits per heavy atom. The third-order valence-electron chi connectivity index (χ3n) is 3.78. The highest BCUT2D eigenvalue weighted by atomic mass is 16.6. The first-order valence-electron chi connectivity index (χ1n) is 9.11. The number of unbranched alkanes of at least 4 members (excludes halogenated alkanes) is 1. The molecule has 0 aliphatic carbocycles. The maximum atomic E-state index is 12.7. The molecule has 1 aromatic rings. The van der Waals surface area contributed by atoms with Crippen molar-refractivity contribution in [1.82, 2.24) is 10.6 Å². The lowest BCUT2D eigenvalue weighted by Crippen LogP contribution is -2.48. The van der Waals surface area contributed by atoms with E-state index in [1.165, 1.54) is 0 Å². The van der Waals surface area contributed by atoms with E-state index in [0.29, 0.717) is 6.42 Å². The molecule has 0 radical (unpaired) electrons. The summed E-state index contributed by atoms with van der Waals surface area (Å²) in [6, 6.07) is 9.19. The van der Waals surface area contributed by atoms with Crippen molar-refractivity contribution in [3.05, 3.63) is 35.9 Å². The monoisotopic (exact) mass is 348 g/mol. The molecule has 0 aliphatic rings. The molecule has 0 spiro atoms. The molecule has 2 N–H and O–H groups in total. The number of hydrogen-bond acceptors (Lipinski definition) is 3. The fraction of sp³-hybridized carbons (Fsp3) is 0.600. The Bertz CT molecular complexity index is 538. The summed E-state index contributed by atoms with van der Waals surface area (Å²) in [5.41, 5.74) is 0.469. The largest absolute Gasteiger partial charge is 0.444 e. The summed E-state index contributed by atoms with van der Waals surface area (Å²) in [4.78, 5) is 24.8. The number of amides is 2. The normalized spacial score (nSPS) is 13.6. The molecule has 0 unspecified atom stereocenters. The Kier molecular flexibility index (Phi) is 8.46. The van der Waals surface area contributed by atoms with E-state index in [2.05, 4.69) is 17.6 Å². The van der Waals surface area contributed by atoms with Crippen LogP contribution < -0.4 is 10.6 Å². The molecule has 0 heterocycles. The SMILES string of the molecule is CCCC[C@H](NC(=O)OC(C)(C)C)C(=O)N[C@@H](CC)c1ccccc1. The van der Waals surface area contributed by atoms with Gasteiger partial charge in [0, 0.05) is 0 Å². The fourth-order valence-electron chi connectivity index (χ4n) is 2.51. The Balaban J connectivity index is 2.76. The van der Waals surface area contributed by atoms with Crippen LogP contribution in [0.1, 0.15) is 71.9 Å². The lowest BCUT2D eigenvalue weighted by molar-refractivity contribution is -0.124. The van der Waals surface area contributed by atoms with Crippen LogP contribution >= 0.6 is 0 Å². The quantitative estimate of drug-likeness (QED) is 0.734. The zero-order valence-corrected chi connectivity index (χ0v) is 16.1. The van der Waals surface area contributed by atoms with Crippen LogP contribution in [0.25, 0.3) is 0 Å². The molecular weight excluding hydrogens is 316 g/mol. The summed E-state index contributed by atoms with van der Waals surface area (Å²) in [5.74, 6) is -0.171. The molecule has 2 atom stereocenters. The molecular formula is C20H32N2O3. The third kappa shape index (κ3) is 8.05. The van der Waals surface area contributed by atoms with Gasteiger partial charge in [0.05, 0.1) is 6.04 Å². The molecule has 1 rings (SSSR count). The second kappa shape index (κ2) is 10.1. The van der Waals surface area contributed by atoms with Crippen molar-refractivity contribution in [2.75, 3.05) is 0 Å². The predicted molar refractivity (Wildman–Crippen MR) is 100 cm³/mol. The van der Waals surface area contributed by atoms with Crippen LogP contribution in [0.3, 0.4) is 0 Å². The van der Waals surface area contributed by atoms with Crippen molar-refractivity contribution < 1.29 is 14.3 Å². The molecule has 2 amide bonds. The first-order chi connectivity index (χ1) is 11.8. The zero-order chi connectivity index (χ0) is 18.9. The number of rotatable bonds is 8. The number of carbonyl (C=O) groups excluding carboxylic acids is 2. The lowest BCUT2D eigenvalue weighted by Gasteiger charge is -2.25. The van der Waals surface area contributed by atoms with Gasteiger partial charge in [0.15, 0.2) is 0 Å². The van der Waals surface area contributed by atoms with Crippen LogP contribution in [0.4, 0.5) is 4.79 Å². The summed E-state index contributed by atoms with van der Waals surface area (Å²) in [7, 11) is 0. The van der Waals surface area contributed by atoms with Crippen molar-refractivity contribution >= 4 is 12.0 Å². The second-order valence-corrected chi connectivity index (χ2v) is 7.22. The minimum absolute atomic E-state index is 0.0711. The Hall–Kier alpha value is -2.04. The maximum absolute atomic E-state index is 12.7. The summed E-state index contributed by atoms with van der Waals surface area (Å²) in [6.45, 7) is 9.49. The van der Waals surface area contributed by atoms with Gasteiger partial charge in [-0.25, -0.2) is 4.79 Å². The third-order valence-corrected chi connectivity index (χ3v) is 3.78. The van der Waals surface area contributed by atoms with Gasteiger partial charge >= 0.3 is 6.09 Å². The molecule has 0 bridgehead atoms.